The van der Waals surface area contributed by atoms with Gasteiger partial charge in [0.15, 0.2) is 0 Å². The number of fused-ring (bicyclic) bond motifs is 1. The first-order valence-corrected chi connectivity index (χ1v) is 8.17. The van der Waals surface area contributed by atoms with Crippen molar-refractivity contribution in [2.24, 2.45) is 22.4 Å². The van der Waals surface area contributed by atoms with Gasteiger partial charge in [0.05, 0.1) is 11.2 Å². The zero-order chi connectivity index (χ0) is 17.1. The molecule has 1 fully saturated rings. The Morgan fingerprint density at radius 3 is 2.67 bits per heavy atom. The molecule has 0 atom stereocenters. The summed E-state index contributed by atoms with van der Waals surface area (Å²) in [6.45, 7) is 1.89. The number of carbonyl (C=O) groups excluding carboxylic acids is 1. The molecule has 7 nitrogen and oxygen atoms in total. The molecule has 1 heterocycles. The highest BCUT2D eigenvalue weighted by Crippen LogP contribution is 2.23. The van der Waals surface area contributed by atoms with Gasteiger partial charge in [0.25, 0.3) is 5.95 Å². The summed E-state index contributed by atoms with van der Waals surface area (Å²) in [6.07, 6.45) is 3.29. The fraction of sp³-hybridized carbons (Fsp3) is 0.412. The van der Waals surface area contributed by atoms with E-state index in [2.05, 4.69) is 20.3 Å². The summed E-state index contributed by atoms with van der Waals surface area (Å²) in [7, 11) is 0. The number of aromatic nitrogens is 2. The third-order valence-corrected chi connectivity index (χ3v) is 4.40. The average molecular weight is 326 g/mol. The van der Waals surface area contributed by atoms with Crippen molar-refractivity contribution >= 4 is 28.7 Å². The van der Waals surface area contributed by atoms with Crippen molar-refractivity contribution in [3.63, 3.8) is 0 Å². The van der Waals surface area contributed by atoms with Gasteiger partial charge >= 0.3 is 0 Å². The lowest BCUT2D eigenvalue weighted by molar-refractivity contribution is -0.124. The van der Waals surface area contributed by atoms with Crippen LogP contribution < -0.4 is 16.8 Å². The van der Waals surface area contributed by atoms with Crippen LogP contribution in [0.4, 0.5) is 5.95 Å². The van der Waals surface area contributed by atoms with E-state index in [1.807, 2.05) is 31.2 Å². The molecule has 2 aromatic rings. The van der Waals surface area contributed by atoms with Crippen LogP contribution in [0.2, 0.25) is 0 Å². The molecule has 0 bridgehead atoms. The Kier molecular flexibility index (Phi) is 4.71. The van der Waals surface area contributed by atoms with Crippen molar-refractivity contribution in [2.75, 3.05) is 0 Å². The van der Waals surface area contributed by atoms with E-state index in [1.165, 1.54) is 0 Å². The SMILES string of the molecule is Cc1nc(/N=C(\N)NC(=O)C2CCC(N)CC2)nc2ccccc12. The summed E-state index contributed by atoms with van der Waals surface area (Å²) < 4.78 is 0. The number of guanidine groups is 1. The lowest BCUT2D eigenvalue weighted by atomic mass is 9.86. The summed E-state index contributed by atoms with van der Waals surface area (Å²) >= 11 is 0. The maximum atomic E-state index is 12.2. The summed E-state index contributed by atoms with van der Waals surface area (Å²) in [4.78, 5) is 25.1. The number of nitrogens with two attached hydrogens (primary N) is 2. The van der Waals surface area contributed by atoms with Gasteiger partial charge < -0.3 is 11.5 Å². The third-order valence-electron chi connectivity index (χ3n) is 4.40. The van der Waals surface area contributed by atoms with Gasteiger partial charge in [-0.3, -0.25) is 10.1 Å². The fourth-order valence-corrected chi connectivity index (χ4v) is 3.02. The van der Waals surface area contributed by atoms with Crippen molar-refractivity contribution in [1.82, 2.24) is 15.3 Å². The number of carbonyl (C=O) groups is 1. The van der Waals surface area contributed by atoms with Crippen molar-refractivity contribution in [3.05, 3.63) is 30.0 Å². The summed E-state index contributed by atoms with van der Waals surface area (Å²) in [5.41, 5.74) is 13.3. The number of hydrogen-bond acceptors (Lipinski definition) is 5. The number of aliphatic imine (C=N–C) groups is 1. The first kappa shape index (κ1) is 16.3. The predicted molar refractivity (Wildman–Crippen MR) is 93.6 cm³/mol. The number of aryl methyl sites for hydroxylation is 1. The molecular formula is C17H22N6O. The molecule has 1 saturated carbocycles. The Labute approximate surface area is 140 Å². The number of nitrogens with zero attached hydrogens (tertiary/aromatic N) is 3. The van der Waals surface area contributed by atoms with E-state index in [1.54, 1.807) is 0 Å². The van der Waals surface area contributed by atoms with Crippen molar-refractivity contribution in [1.29, 1.82) is 0 Å². The molecule has 0 spiro atoms. The van der Waals surface area contributed by atoms with Crippen molar-refractivity contribution in [2.45, 2.75) is 38.6 Å². The zero-order valence-corrected chi connectivity index (χ0v) is 13.7. The molecule has 5 N–H and O–H groups in total. The monoisotopic (exact) mass is 326 g/mol. The van der Waals surface area contributed by atoms with Crippen LogP contribution in [0.5, 0.6) is 0 Å². The molecule has 0 radical (unpaired) electrons. The van der Waals surface area contributed by atoms with Crippen LogP contribution in [0, 0.1) is 12.8 Å². The zero-order valence-electron chi connectivity index (χ0n) is 13.7. The summed E-state index contributed by atoms with van der Waals surface area (Å²) in [5.74, 6) is 0.0951. The van der Waals surface area contributed by atoms with Gasteiger partial charge in [0, 0.05) is 17.3 Å². The Bertz CT molecular complexity index is 780. The lowest BCUT2D eigenvalue weighted by Gasteiger charge is -2.24. The first-order chi connectivity index (χ1) is 11.5. The Balaban J connectivity index is 1.72. The maximum absolute atomic E-state index is 12.2. The van der Waals surface area contributed by atoms with Gasteiger partial charge in [-0.1, -0.05) is 18.2 Å². The predicted octanol–water partition coefficient (Wildman–Crippen LogP) is 1.52. The first-order valence-electron chi connectivity index (χ1n) is 8.17. The molecular weight excluding hydrogens is 304 g/mol. The molecule has 1 aromatic heterocycles. The topological polar surface area (TPSA) is 119 Å². The largest absolute Gasteiger partial charge is 0.369 e. The molecule has 0 unspecified atom stereocenters. The van der Waals surface area contributed by atoms with Gasteiger partial charge in [-0.05, 0) is 38.7 Å². The molecule has 0 aliphatic heterocycles. The smallest absolute Gasteiger partial charge is 0.253 e. The highest BCUT2D eigenvalue weighted by atomic mass is 16.2. The molecule has 1 aromatic carbocycles. The van der Waals surface area contributed by atoms with E-state index < -0.39 is 0 Å². The van der Waals surface area contributed by atoms with Crippen LogP contribution in [-0.2, 0) is 4.79 Å². The number of hydrogen-bond donors (Lipinski definition) is 3. The molecule has 3 rings (SSSR count). The molecule has 126 valence electrons. The van der Waals surface area contributed by atoms with Crippen LogP contribution in [0.1, 0.15) is 31.4 Å². The number of para-hydroxylation sites is 1. The van der Waals surface area contributed by atoms with Crippen LogP contribution in [0.3, 0.4) is 0 Å². The highest BCUT2D eigenvalue weighted by Gasteiger charge is 2.24. The van der Waals surface area contributed by atoms with E-state index in [-0.39, 0.29) is 29.8 Å². The minimum absolute atomic E-state index is 0.0181. The van der Waals surface area contributed by atoms with Gasteiger partial charge in [-0.15, -0.1) is 0 Å². The van der Waals surface area contributed by atoms with E-state index in [0.29, 0.717) is 0 Å². The number of rotatable bonds is 2. The molecule has 0 saturated heterocycles. The van der Waals surface area contributed by atoms with E-state index in [9.17, 15) is 4.79 Å². The number of benzene rings is 1. The quantitative estimate of drug-likeness (QED) is 0.571. The Morgan fingerprint density at radius 2 is 1.92 bits per heavy atom. The minimum atomic E-state index is -0.110. The van der Waals surface area contributed by atoms with Crippen LogP contribution in [-0.4, -0.2) is 27.9 Å². The highest BCUT2D eigenvalue weighted by molar-refractivity contribution is 5.98. The normalized spacial score (nSPS) is 21.7. The molecule has 1 aliphatic rings. The maximum Gasteiger partial charge on any atom is 0.253 e. The minimum Gasteiger partial charge on any atom is -0.369 e. The van der Waals surface area contributed by atoms with E-state index in [0.717, 1.165) is 42.3 Å². The van der Waals surface area contributed by atoms with Gasteiger partial charge in [0.2, 0.25) is 11.9 Å². The van der Waals surface area contributed by atoms with Crippen molar-refractivity contribution < 1.29 is 4.79 Å². The number of amides is 1. The second-order valence-corrected chi connectivity index (χ2v) is 6.22. The molecule has 7 heteroatoms. The van der Waals surface area contributed by atoms with Gasteiger partial charge in [-0.25, -0.2) is 9.97 Å². The summed E-state index contributed by atoms with van der Waals surface area (Å²) in [5, 5.41) is 3.62. The standard InChI is InChI=1S/C17H22N6O/c1-10-13-4-2-3-5-14(13)21-17(20-10)23-16(19)22-15(24)11-6-8-12(18)9-7-11/h2-5,11-12H,6-9,18H2,1H3,(H3,19,20,21,22,23,24). The molecule has 1 aliphatic carbocycles. The van der Waals surface area contributed by atoms with Crippen LogP contribution in [0.25, 0.3) is 10.9 Å². The summed E-state index contributed by atoms with van der Waals surface area (Å²) in [6, 6.07) is 7.89. The second kappa shape index (κ2) is 6.92. The van der Waals surface area contributed by atoms with Crippen molar-refractivity contribution in [3.8, 4) is 0 Å². The number of nitrogens with one attached hydrogen (secondary N) is 1. The van der Waals surface area contributed by atoms with E-state index in [4.69, 9.17) is 11.5 Å². The van der Waals surface area contributed by atoms with Crippen LogP contribution in [0.15, 0.2) is 29.3 Å². The average Bonchev–Trinajstić information content (AvgIpc) is 2.55. The fourth-order valence-electron chi connectivity index (χ4n) is 3.02. The van der Waals surface area contributed by atoms with Gasteiger partial charge in [0.1, 0.15) is 0 Å². The Morgan fingerprint density at radius 1 is 1.21 bits per heavy atom. The Hall–Kier alpha value is -2.54. The van der Waals surface area contributed by atoms with Crippen LogP contribution >= 0.6 is 0 Å². The molecule has 24 heavy (non-hydrogen) atoms. The second-order valence-electron chi connectivity index (χ2n) is 6.22. The van der Waals surface area contributed by atoms with Gasteiger partial charge in [-0.2, -0.15) is 4.99 Å². The lowest BCUT2D eigenvalue weighted by Crippen LogP contribution is -2.42. The molecule has 1 amide bonds. The van der Waals surface area contributed by atoms with E-state index >= 15 is 0 Å². The third kappa shape index (κ3) is 3.68.